The second-order valence-electron chi connectivity index (χ2n) is 3.98. The number of hydrogen-bond donors (Lipinski definition) is 0. The van der Waals surface area contributed by atoms with Gasteiger partial charge in [-0.2, -0.15) is 0 Å². The van der Waals surface area contributed by atoms with Crippen molar-refractivity contribution in [1.82, 2.24) is 4.90 Å². The molecule has 0 saturated heterocycles. The van der Waals surface area contributed by atoms with Crippen LogP contribution in [0.25, 0.3) is 0 Å². The van der Waals surface area contributed by atoms with Gasteiger partial charge >= 0.3 is 0 Å². The summed E-state index contributed by atoms with van der Waals surface area (Å²) < 4.78 is 5.51. The minimum Gasteiger partial charge on any atom is -0.380 e. The van der Waals surface area contributed by atoms with Crippen molar-refractivity contribution in [2.24, 2.45) is 0 Å². The summed E-state index contributed by atoms with van der Waals surface area (Å²) >= 11 is 0. The summed E-state index contributed by atoms with van der Waals surface area (Å²) in [7, 11) is 2.18. The molecule has 0 fully saturated rings. The molecule has 0 radical (unpaired) electrons. The van der Waals surface area contributed by atoms with E-state index in [1.54, 1.807) is 0 Å². The molecule has 2 heteroatoms. The van der Waals surface area contributed by atoms with Crippen molar-refractivity contribution in [1.29, 1.82) is 0 Å². The monoisotopic (exact) mass is 201 g/mol. The van der Waals surface area contributed by atoms with Gasteiger partial charge in [-0.3, -0.25) is 0 Å². The molecule has 0 aromatic heterocycles. The molecule has 0 aliphatic heterocycles. The van der Waals surface area contributed by atoms with Crippen LogP contribution >= 0.6 is 0 Å². The van der Waals surface area contributed by atoms with Crippen LogP contribution in [0, 0.1) is 0 Å². The van der Waals surface area contributed by atoms with E-state index < -0.39 is 0 Å². The van der Waals surface area contributed by atoms with Crippen LogP contribution in [0.2, 0.25) is 0 Å². The normalized spacial score (nSPS) is 11.1. The van der Waals surface area contributed by atoms with Crippen molar-refractivity contribution in [3.05, 3.63) is 0 Å². The first-order valence-electron chi connectivity index (χ1n) is 6.07. The molecular formula is C12H27NO. The van der Waals surface area contributed by atoms with Crippen molar-refractivity contribution >= 4 is 0 Å². The number of ether oxygens (including phenoxy) is 1. The summed E-state index contributed by atoms with van der Waals surface area (Å²) in [5.41, 5.74) is 0. The molecule has 0 atom stereocenters. The molecule has 86 valence electrons. The average Bonchev–Trinajstić information content (AvgIpc) is 2.18. The topological polar surface area (TPSA) is 12.5 Å². The second kappa shape index (κ2) is 11.0. The summed E-state index contributed by atoms with van der Waals surface area (Å²) in [5, 5.41) is 0. The molecule has 0 N–H and O–H groups in total. The van der Waals surface area contributed by atoms with Crippen LogP contribution in [0.15, 0.2) is 0 Å². The lowest BCUT2D eigenvalue weighted by molar-refractivity contribution is 0.109. The molecular weight excluding hydrogens is 174 g/mol. The van der Waals surface area contributed by atoms with Crippen molar-refractivity contribution < 1.29 is 4.74 Å². The van der Waals surface area contributed by atoms with E-state index in [1.165, 1.54) is 38.6 Å². The van der Waals surface area contributed by atoms with Crippen molar-refractivity contribution in [2.75, 3.05) is 33.4 Å². The summed E-state index contributed by atoms with van der Waals surface area (Å²) in [4.78, 5) is 2.36. The predicted octanol–water partition coefficient (Wildman–Crippen LogP) is 2.93. The molecule has 0 heterocycles. The van der Waals surface area contributed by atoms with E-state index in [1.807, 2.05) is 0 Å². The number of nitrogens with zero attached hydrogens (tertiary/aromatic N) is 1. The largest absolute Gasteiger partial charge is 0.380 e. The van der Waals surface area contributed by atoms with Crippen LogP contribution in [-0.2, 0) is 4.74 Å². The van der Waals surface area contributed by atoms with Gasteiger partial charge in [-0.1, -0.05) is 33.1 Å². The Bertz CT molecular complexity index is 106. The second-order valence-corrected chi connectivity index (χ2v) is 3.98. The van der Waals surface area contributed by atoms with Gasteiger partial charge in [-0.15, -0.1) is 0 Å². The molecule has 0 spiro atoms. The molecule has 2 nitrogen and oxygen atoms in total. The highest BCUT2D eigenvalue weighted by molar-refractivity contribution is 4.50. The Balaban J connectivity index is 3.06. The van der Waals surface area contributed by atoms with E-state index in [-0.39, 0.29) is 0 Å². The lowest BCUT2D eigenvalue weighted by atomic mass is 10.2. The van der Waals surface area contributed by atoms with Crippen LogP contribution < -0.4 is 0 Å². The van der Waals surface area contributed by atoms with Gasteiger partial charge in [0.2, 0.25) is 0 Å². The molecule has 0 unspecified atom stereocenters. The van der Waals surface area contributed by atoms with E-state index in [4.69, 9.17) is 4.74 Å². The molecule has 0 aliphatic carbocycles. The Kier molecular flexibility index (Phi) is 10.9. The summed E-state index contributed by atoms with van der Waals surface area (Å²) in [6, 6.07) is 0. The quantitative estimate of drug-likeness (QED) is 0.504. The van der Waals surface area contributed by atoms with Gasteiger partial charge in [-0.05, 0) is 26.4 Å². The molecule has 0 aromatic carbocycles. The molecule has 0 aromatic rings. The first kappa shape index (κ1) is 13.9. The van der Waals surface area contributed by atoms with Gasteiger partial charge in [0.1, 0.15) is 0 Å². The lowest BCUT2D eigenvalue weighted by Crippen LogP contribution is -2.24. The van der Waals surface area contributed by atoms with Gasteiger partial charge in [0.25, 0.3) is 0 Å². The van der Waals surface area contributed by atoms with Gasteiger partial charge < -0.3 is 9.64 Å². The zero-order chi connectivity index (χ0) is 10.6. The number of hydrogen-bond acceptors (Lipinski definition) is 2. The van der Waals surface area contributed by atoms with Gasteiger partial charge in [0, 0.05) is 13.2 Å². The molecule has 14 heavy (non-hydrogen) atoms. The maximum absolute atomic E-state index is 5.51. The highest BCUT2D eigenvalue weighted by Gasteiger charge is 1.97. The minimum absolute atomic E-state index is 0.891. The fourth-order valence-corrected chi connectivity index (χ4v) is 1.31. The molecule has 0 bridgehead atoms. The average molecular weight is 201 g/mol. The van der Waals surface area contributed by atoms with E-state index in [2.05, 4.69) is 25.8 Å². The fraction of sp³-hybridized carbons (Fsp3) is 1.00. The Morgan fingerprint density at radius 1 is 0.857 bits per heavy atom. The maximum atomic E-state index is 5.51. The first-order valence-corrected chi connectivity index (χ1v) is 6.07. The minimum atomic E-state index is 0.891. The highest BCUT2D eigenvalue weighted by Crippen LogP contribution is 1.96. The van der Waals surface area contributed by atoms with Gasteiger partial charge in [0.15, 0.2) is 0 Å². The fourth-order valence-electron chi connectivity index (χ4n) is 1.31. The lowest BCUT2D eigenvalue weighted by Gasteiger charge is -2.16. The summed E-state index contributed by atoms with van der Waals surface area (Å²) in [6.07, 6.45) is 6.40. The zero-order valence-corrected chi connectivity index (χ0v) is 10.2. The van der Waals surface area contributed by atoms with Crippen LogP contribution in [0.3, 0.4) is 0 Å². The van der Waals surface area contributed by atoms with Crippen LogP contribution in [0.5, 0.6) is 0 Å². The summed E-state index contributed by atoms with van der Waals surface area (Å²) in [6.45, 7) is 8.55. The van der Waals surface area contributed by atoms with E-state index in [0.717, 1.165) is 19.8 Å². The predicted molar refractivity (Wildman–Crippen MR) is 62.7 cm³/mol. The molecule has 0 amide bonds. The van der Waals surface area contributed by atoms with Crippen molar-refractivity contribution in [3.63, 3.8) is 0 Å². The smallest absolute Gasteiger partial charge is 0.0593 e. The third-order valence-corrected chi connectivity index (χ3v) is 2.40. The maximum Gasteiger partial charge on any atom is 0.0593 e. The number of rotatable bonds is 10. The van der Waals surface area contributed by atoms with E-state index >= 15 is 0 Å². The Labute approximate surface area is 89.6 Å². The summed E-state index contributed by atoms with van der Waals surface area (Å²) in [5.74, 6) is 0. The van der Waals surface area contributed by atoms with E-state index in [9.17, 15) is 0 Å². The standard InChI is InChI=1S/C12H27NO/c1-4-6-8-9-13(3)10-12-14-11-7-5-2/h4-12H2,1-3H3. The highest BCUT2D eigenvalue weighted by atomic mass is 16.5. The molecule has 0 aliphatic rings. The molecule has 0 saturated carbocycles. The third-order valence-electron chi connectivity index (χ3n) is 2.40. The number of unbranched alkanes of at least 4 members (excludes halogenated alkanes) is 3. The zero-order valence-electron chi connectivity index (χ0n) is 10.2. The first-order chi connectivity index (χ1) is 6.81. The Hall–Kier alpha value is -0.0800. The Morgan fingerprint density at radius 3 is 2.21 bits per heavy atom. The SMILES string of the molecule is CCCCCN(C)CCOCCCC. The van der Waals surface area contributed by atoms with Crippen molar-refractivity contribution in [3.8, 4) is 0 Å². The Morgan fingerprint density at radius 2 is 1.57 bits per heavy atom. The van der Waals surface area contributed by atoms with Crippen LogP contribution in [0.1, 0.15) is 46.0 Å². The van der Waals surface area contributed by atoms with Gasteiger partial charge in [0.05, 0.1) is 6.61 Å². The van der Waals surface area contributed by atoms with Crippen LogP contribution in [0.4, 0.5) is 0 Å². The van der Waals surface area contributed by atoms with E-state index in [0.29, 0.717) is 0 Å². The number of likely N-dealkylation sites (N-methyl/N-ethyl adjacent to an activating group) is 1. The van der Waals surface area contributed by atoms with Gasteiger partial charge in [-0.25, -0.2) is 0 Å². The van der Waals surface area contributed by atoms with Crippen LogP contribution in [-0.4, -0.2) is 38.3 Å². The third kappa shape index (κ3) is 10.0. The van der Waals surface area contributed by atoms with Crippen molar-refractivity contribution in [2.45, 2.75) is 46.0 Å². The molecule has 0 rings (SSSR count).